The van der Waals surface area contributed by atoms with Crippen LogP contribution in [-0.2, 0) is 4.74 Å². The molecule has 0 saturated carbocycles. The highest BCUT2D eigenvalue weighted by Crippen LogP contribution is 2.20. The third-order valence-corrected chi connectivity index (χ3v) is 2.39. The molecule has 0 atom stereocenters. The molecule has 2 rings (SSSR count). The standard InChI is InChI=1S/C12H11NO4/c1-2-17-11(14)10-7-8-5-3-4-6-9(8)13(10)12(15)16/h3-7H,2H2,1H3,(H,15,16). The second-order valence-electron chi connectivity index (χ2n) is 3.43. The van der Waals surface area contributed by atoms with Crippen LogP contribution in [0.2, 0.25) is 0 Å². The third kappa shape index (κ3) is 1.87. The van der Waals surface area contributed by atoms with Gasteiger partial charge in [-0.25, -0.2) is 14.2 Å². The molecule has 0 saturated heterocycles. The lowest BCUT2D eigenvalue weighted by molar-refractivity contribution is 0.0514. The maximum atomic E-state index is 11.6. The number of hydrogen-bond acceptors (Lipinski definition) is 3. The molecule has 1 aromatic heterocycles. The number of esters is 1. The molecular weight excluding hydrogens is 222 g/mol. The molecule has 88 valence electrons. The second-order valence-corrected chi connectivity index (χ2v) is 3.43. The molecule has 0 radical (unpaired) electrons. The van der Waals surface area contributed by atoms with Gasteiger partial charge < -0.3 is 9.84 Å². The first-order chi connectivity index (χ1) is 8.15. The first kappa shape index (κ1) is 11.2. The number of rotatable bonds is 2. The number of carboxylic acid groups (broad SMARTS) is 1. The van der Waals surface area contributed by atoms with E-state index in [0.29, 0.717) is 10.9 Å². The Morgan fingerprint density at radius 1 is 1.35 bits per heavy atom. The largest absolute Gasteiger partial charge is 0.464 e. The smallest absolute Gasteiger partial charge is 0.416 e. The van der Waals surface area contributed by atoms with Crippen LogP contribution in [0.4, 0.5) is 4.79 Å². The highest BCUT2D eigenvalue weighted by Gasteiger charge is 2.20. The number of benzene rings is 1. The minimum absolute atomic E-state index is 0.0283. The lowest BCUT2D eigenvalue weighted by Gasteiger charge is -2.04. The van der Waals surface area contributed by atoms with Crippen LogP contribution in [0.5, 0.6) is 0 Å². The summed E-state index contributed by atoms with van der Waals surface area (Å²) >= 11 is 0. The Balaban J connectivity index is 2.66. The molecule has 0 aliphatic rings. The Morgan fingerprint density at radius 3 is 2.71 bits per heavy atom. The van der Waals surface area contributed by atoms with Crippen molar-refractivity contribution >= 4 is 23.0 Å². The molecule has 0 unspecified atom stereocenters. The zero-order valence-electron chi connectivity index (χ0n) is 9.21. The van der Waals surface area contributed by atoms with Gasteiger partial charge in [-0.15, -0.1) is 0 Å². The monoisotopic (exact) mass is 233 g/mol. The Bertz CT molecular complexity index is 585. The summed E-state index contributed by atoms with van der Waals surface area (Å²) in [5.74, 6) is -0.633. The summed E-state index contributed by atoms with van der Waals surface area (Å²) in [6.45, 7) is 1.88. The predicted octanol–water partition coefficient (Wildman–Crippen LogP) is 2.34. The van der Waals surface area contributed by atoms with Gasteiger partial charge in [-0.05, 0) is 19.1 Å². The average molecular weight is 233 g/mol. The Labute approximate surface area is 97.2 Å². The van der Waals surface area contributed by atoms with Crippen LogP contribution < -0.4 is 0 Å². The van der Waals surface area contributed by atoms with Crippen LogP contribution >= 0.6 is 0 Å². The molecule has 0 aliphatic heterocycles. The molecule has 1 aromatic carbocycles. The van der Waals surface area contributed by atoms with Gasteiger partial charge in [0.05, 0.1) is 12.1 Å². The number of aromatic nitrogens is 1. The van der Waals surface area contributed by atoms with Crippen LogP contribution in [-0.4, -0.2) is 28.3 Å². The van der Waals surface area contributed by atoms with Crippen molar-refractivity contribution < 1.29 is 19.4 Å². The van der Waals surface area contributed by atoms with E-state index in [9.17, 15) is 9.59 Å². The van der Waals surface area contributed by atoms with Crippen molar-refractivity contribution in [2.24, 2.45) is 0 Å². The summed E-state index contributed by atoms with van der Waals surface area (Å²) in [6.07, 6.45) is -1.20. The van der Waals surface area contributed by atoms with Gasteiger partial charge in [0.2, 0.25) is 0 Å². The number of hydrogen-bond donors (Lipinski definition) is 1. The fraction of sp³-hybridized carbons (Fsp3) is 0.167. The highest BCUT2D eigenvalue weighted by molar-refractivity contribution is 6.01. The summed E-state index contributed by atoms with van der Waals surface area (Å²) in [6, 6.07) is 8.41. The minimum atomic E-state index is -1.20. The summed E-state index contributed by atoms with van der Waals surface area (Å²) in [7, 11) is 0. The molecule has 0 fully saturated rings. The van der Waals surface area contributed by atoms with Gasteiger partial charge in [0.25, 0.3) is 0 Å². The van der Waals surface area contributed by atoms with Gasteiger partial charge >= 0.3 is 12.1 Å². The van der Waals surface area contributed by atoms with Crippen molar-refractivity contribution in [3.8, 4) is 0 Å². The number of fused-ring (bicyclic) bond motifs is 1. The number of nitrogens with zero attached hydrogens (tertiary/aromatic N) is 1. The van der Waals surface area contributed by atoms with Crippen molar-refractivity contribution in [1.29, 1.82) is 0 Å². The van der Waals surface area contributed by atoms with Gasteiger partial charge in [-0.2, -0.15) is 0 Å². The maximum absolute atomic E-state index is 11.6. The first-order valence-corrected chi connectivity index (χ1v) is 5.16. The number of ether oxygens (including phenoxy) is 1. The summed E-state index contributed by atoms with van der Waals surface area (Å²) in [4.78, 5) is 22.8. The summed E-state index contributed by atoms with van der Waals surface area (Å²) in [5.41, 5.74) is 0.503. The van der Waals surface area contributed by atoms with Gasteiger partial charge in [0, 0.05) is 5.39 Å². The maximum Gasteiger partial charge on any atom is 0.416 e. The minimum Gasteiger partial charge on any atom is -0.464 e. The molecule has 1 N–H and O–H groups in total. The molecule has 0 amide bonds. The van der Waals surface area contributed by atoms with Crippen molar-refractivity contribution in [3.63, 3.8) is 0 Å². The van der Waals surface area contributed by atoms with Crippen LogP contribution in [0.15, 0.2) is 30.3 Å². The fourth-order valence-corrected chi connectivity index (χ4v) is 1.72. The Morgan fingerprint density at radius 2 is 2.06 bits per heavy atom. The van der Waals surface area contributed by atoms with Gasteiger partial charge in [-0.3, -0.25) is 0 Å². The molecule has 2 aromatic rings. The quantitative estimate of drug-likeness (QED) is 0.808. The topological polar surface area (TPSA) is 68.5 Å². The molecule has 5 nitrogen and oxygen atoms in total. The fourth-order valence-electron chi connectivity index (χ4n) is 1.72. The highest BCUT2D eigenvalue weighted by atomic mass is 16.5. The zero-order chi connectivity index (χ0) is 12.4. The molecule has 0 aliphatic carbocycles. The lowest BCUT2D eigenvalue weighted by Crippen LogP contribution is -2.17. The SMILES string of the molecule is CCOC(=O)c1cc2ccccc2n1C(=O)O. The molecule has 0 spiro atoms. The lowest BCUT2D eigenvalue weighted by atomic mass is 10.2. The molecule has 1 heterocycles. The van der Waals surface area contributed by atoms with Crippen molar-refractivity contribution in [1.82, 2.24) is 4.57 Å². The van der Waals surface area contributed by atoms with Gasteiger partial charge in [-0.1, -0.05) is 18.2 Å². The van der Waals surface area contributed by atoms with Crippen LogP contribution in [0.3, 0.4) is 0 Å². The van der Waals surface area contributed by atoms with Crippen LogP contribution in [0.1, 0.15) is 17.4 Å². The Kier molecular flexibility index (Phi) is 2.82. The first-order valence-electron chi connectivity index (χ1n) is 5.16. The summed E-state index contributed by atoms with van der Waals surface area (Å²) in [5, 5.41) is 9.82. The molecular formula is C12H11NO4. The van der Waals surface area contributed by atoms with E-state index in [1.807, 2.05) is 0 Å². The number of carbonyl (C=O) groups excluding carboxylic acids is 1. The predicted molar refractivity (Wildman–Crippen MR) is 61.3 cm³/mol. The van der Waals surface area contributed by atoms with Crippen molar-refractivity contribution in [3.05, 3.63) is 36.0 Å². The van der Waals surface area contributed by atoms with E-state index in [-0.39, 0.29) is 12.3 Å². The molecule has 17 heavy (non-hydrogen) atoms. The van der Waals surface area contributed by atoms with Crippen molar-refractivity contribution in [2.45, 2.75) is 6.92 Å². The normalized spacial score (nSPS) is 10.4. The van der Waals surface area contributed by atoms with E-state index in [2.05, 4.69) is 0 Å². The Hall–Kier alpha value is -2.30. The zero-order valence-corrected chi connectivity index (χ0v) is 9.21. The number of para-hydroxylation sites is 1. The van der Waals surface area contributed by atoms with E-state index >= 15 is 0 Å². The second kappa shape index (κ2) is 4.29. The van der Waals surface area contributed by atoms with E-state index in [4.69, 9.17) is 9.84 Å². The van der Waals surface area contributed by atoms with Crippen molar-refractivity contribution in [2.75, 3.05) is 6.61 Å². The van der Waals surface area contributed by atoms with E-state index in [1.54, 1.807) is 31.2 Å². The molecule has 0 bridgehead atoms. The third-order valence-electron chi connectivity index (χ3n) is 2.39. The van der Waals surface area contributed by atoms with Crippen LogP contribution in [0.25, 0.3) is 10.9 Å². The van der Waals surface area contributed by atoms with E-state index in [1.165, 1.54) is 6.07 Å². The van der Waals surface area contributed by atoms with E-state index in [0.717, 1.165) is 4.57 Å². The number of carbonyl (C=O) groups is 2. The van der Waals surface area contributed by atoms with Crippen LogP contribution in [0, 0.1) is 0 Å². The van der Waals surface area contributed by atoms with E-state index < -0.39 is 12.1 Å². The average Bonchev–Trinajstić information content (AvgIpc) is 2.68. The molecule has 5 heteroatoms. The van der Waals surface area contributed by atoms with Gasteiger partial charge in [0.1, 0.15) is 5.69 Å². The summed E-state index contributed by atoms with van der Waals surface area (Å²) < 4.78 is 5.76. The van der Waals surface area contributed by atoms with Gasteiger partial charge in [0.15, 0.2) is 0 Å².